The molecule has 2 aromatic heterocycles. The second kappa shape index (κ2) is 7.48. The van der Waals surface area contributed by atoms with Crippen molar-refractivity contribution in [3.05, 3.63) is 89.7 Å². The zero-order valence-corrected chi connectivity index (χ0v) is 18.2. The Bertz CT molecular complexity index is 1390. The summed E-state index contributed by atoms with van der Waals surface area (Å²) in [6.45, 7) is 0.781. The van der Waals surface area contributed by atoms with Gasteiger partial charge >= 0.3 is 0 Å². The Kier molecular flexibility index (Phi) is 4.43. The molecule has 2 aromatic carbocycles. The van der Waals surface area contributed by atoms with Crippen LogP contribution < -0.4 is 10.2 Å². The van der Waals surface area contributed by atoms with Crippen LogP contribution in [-0.4, -0.2) is 39.9 Å². The number of fused-ring (bicyclic) bond motifs is 6. The lowest BCUT2D eigenvalue weighted by Crippen LogP contribution is -2.51. The highest BCUT2D eigenvalue weighted by molar-refractivity contribution is 6.03. The highest BCUT2D eigenvalue weighted by atomic mass is 16.2. The predicted molar refractivity (Wildman–Crippen MR) is 127 cm³/mol. The summed E-state index contributed by atoms with van der Waals surface area (Å²) in [4.78, 5) is 34.7. The van der Waals surface area contributed by atoms with E-state index in [0.717, 1.165) is 34.3 Å². The molecule has 1 atom stereocenters. The Balaban J connectivity index is 1.48. The molecule has 4 heterocycles. The average Bonchev–Trinajstić information content (AvgIpc) is 3.16. The summed E-state index contributed by atoms with van der Waals surface area (Å²) in [6, 6.07) is 21.3. The maximum absolute atomic E-state index is 13.4. The maximum Gasteiger partial charge on any atom is 0.257 e. The molecule has 7 nitrogen and oxygen atoms in total. The fraction of sp³-hybridized carbons (Fsp3) is 0.192. The highest BCUT2D eigenvalue weighted by Gasteiger charge is 2.42. The van der Waals surface area contributed by atoms with E-state index in [1.807, 2.05) is 66.5 Å². The van der Waals surface area contributed by atoms with Crippen molar-refractivity contribution in [2.24, 2.45) is 0 Å². The maximum atomic E-state index is 13.4. The van der Waals surface area contributed by atoms with Gasteiger partial charge in [-0.25, -0.2) is 4.98 Å². The van der Waals surface area contributed by atoms with E-state index >= 15 is 0 Å². The summed E-state index contributed by atoms with van der Waals surface area (Å²) >= 11 is 0. The van der Waals surface area contributed by atoms with Crippen LogP contribution in [0.2, 0.25) is 0 Å². The summed E-state index contributed by atoms with van der Waals surface area (Å²) < 4.78 is 2.07. The molecule has 4 aromatic rings. The van der Waals surface area contributed by atoms with Gasteiger partial charge in [0.25, 0.3) is 5.91 Å². The lowest BCUT2D eigenvalue weighted by Gasteiger charge is -2.46. The number of hydrogen-bond acceptors (Lipinski definition) is 4. The fourth-order valence-electron chi connectivity index (χ4n) is 5.24. The number of anilines is 2. The first kappa shape index (κ1) is 19.5. The minimum absolute atomic E-state index is 0.0362. The Hall–Kier alpha value is -4.13. The van der Waals surface area contributed by atoms with Crippen molar-refractivity contribution in [2.45, 2.75) is 19.1 Å². The van der Waals surface area contributed by atoms with Gasteiger partial charge in [-0.05, 0) is 42.3 Å². The lowest BCUT2D eigenvalue weighted by molar-refractivity contribution is -0.116. The molecular weight excluding hydrogens is 414 g/mol. The Morgan fingerprint density at radius 3 is 2.70 bits per heavy atom. The monoisotopic (exact) mass is 437 g/mol. The summed E-state index contributed by atoms with van der Waals surface area (Å²) in [5.41, 5.74) is 4.84. The molecule has 0 saturated heterocycles. The van der Waals surface area contributed by atoms with Crippen LogP contribution in [0.5, 0.6) is 0 Å². The van der Waals surface area contributed by atoms with Gasteiger partial charge in [0.1, 0.15) is 18.5 Å². The number of carbonyl (C=O) groups is 2. The predicted octanol–water partition coefficient (Wildman–Crippen LogP) is 3.82. The van der Waals surface area contributed by atoms with E-state index in [1.165, 1.54) is 5.56 Å². The average molecular weight is 438 g/mol. The molecule has 0 aliphatic carbocycles. The number of pyridine rings is 1. The van der Waals surface area contributed by atoms with E-state index in [0.29, 0.717) is 12.4 Å². The van der Waals surface area contributed by atoms with Gasteiger partial charge in [-0.1, -0.05) is 36.4 Å². The minimum Gasteiger partial charge on any atom is -0.349 e. The van der Waals surface area contributed by atoms with E-state index < -0.39 is 0 Å². The number of para-hydroxylation sites is 2. The third-order valence-corrected chi connectivity index (χ3v) is 6.64. The van der Waals surface area contributed by atoms with Crippen molar-refractivity contribution >= 4 is 34.2 Å². The Morgan fingerprint density at radius 2 is 1.85 bits per heavy atom. The molecule has 0 unspecified atom stereocenters. The first-order valence-electron chi connectivity index (χ1n) is 11.1. The number of benzene rings is 2. The molecule has 0 radical (unpaired) electrons. The largest absolute Gasteiger partial charge is 0.349 e. The van der Waals surface area contributed by atoms with Gasteiger partial charge < -0.3 is 19.7 Å². The molecule has 2 amide bonds. The minimum atomic E-state index is -0.272. The number of hydrogen-bond donors (Lipinski definition) is 1. The van der Waals surface area contributed by atoms with E-state index in [1.54, 1.807) is 12.3 Å². The van der Waals surface area contributed by atoms with Gasteiger partial charge in [0.15, 0.2) is 0 Å². The van der Waals surface area contributed by atoms with Crippen LogP contribution >= 0.6 is 0 Å². The Labute approximate surface area is 191 Å². The quantitative estimate of drug-likeness (QED) is 0.529. The summed E-state index contributed by atoms with van der Waals surface area (Å²) in [5, 5.41) is 4.03. The summed E-state index contributed by atoms with van der Waals surface area (Å²) in [6.07, 6.45) is 2.13. The van der Waals surface area contributed by atoms with E-state index in [2.05, 4.69) is 25.8 Å². The van der Waals surface area contributed by atoms with Crippen molar-refractivity contribution in [1.29, 1.82) is 0 Å². The number of nitrogens with one attached hydrogen (secondary N) is 1. The molecule has 1 N–H and O–H groups in total. The lowest BCUT2D eigenvalue weighted by atomic mass is 9.96. The van der Waals surface area contributed by atoms with Crippen LogP contribution in [0, 0.1) is 0 Å². The first-order chi connectivity index (χ1) is 16.1. The van der Waals surface area contributed by atoms with Gasteiger partial charge in [-0.3, -0.25) is 9.59 Å². The zero-order chi connectivity index (χ0) is 22.5. The molecule has 2 aliphatic rings. The molecule has 33 heavy (non-hydrogen) atoms. The number of rotatable bonds is 3. The van der Waals surface area contributed by atoms with Crippen molar-refractivity contribution < 1.29 is 9.59 Å². The van der Waals surface area contributed by atoms with Crippen LogP contribution in [0.25, 0.3) is 10.9 Å². The molecule has 2 aliphatic heterocycles. The molecule has 6 rings (SSSR count). The molecular formula is C26H23N5O2. The van der Waals surface area contributed by atoms with E-state index in [9.17, 15) is 9.59 Å². The van der Waals surface area contributed by atoms with Crippen molar-refractivity contribution in [2.75, 3.05) is 23.8 Å². The van der Waals surface area contributed by atoms with Gasteiger partial charge in [0.05, 0.1) is 16.9 Å². The topological polar surface area (TPSA) is 70.5 Å². The SMILES string of the molecule is CN1c2ccccc2C(=O)N2CCc3c(n(CC(=O)Nc4ccccn4)c4ccccc34)[C@@H]21. The van der Waals surface area contributed by atoms with Crippen LogP contribution in [0.4, 0.5) is 11.5 Å². The Morgan fingerprint density at radius 1 is 1.06 bits per heavy atom. The van der Waals surface area contributed by atoms with Crippen molar-refractivity contribution in [3.8, 4) is 0 Å². The highest BCUT2D eigenvalue weighted by Crippen LogP contribution is 2.44. The number of nitrogens with zero attached hydrogens (tertiary/aromatic N) is 4. The molecule has 164 valence electrons. The van der Waals surface area contributed by atoms with Crippen LogP contribution in [0.3, 0.4) is 0 Å². The standard InChI is InChI=1S/C26H23N5O2/c1-29-20-10-4-3-9-19(20)26(33)30-15-13-18-17-8-2-5-11-21(17)31(24(18)25(29)30)16-23(32)28-22-12-6-7-14-27-22/h2-12,14,25H,13,15-16H2,1H3,(H,27,28,32)/t25-/m1/s1. The molecule has 0 bridgehead atoms. The van der Waals surface area contributed by atoms with Gasteiger partial charge in [0, 0.05) is 30.7 Å². The number of amides is 2. The second-order valence-electron chi connectivity index (χ2n) is 8.48. The number of aromatic nitrogens is 2. The third kappa shape index (κ3) is 3.00. The van der Waals surface area contributed by atoms with Gasteiger partial charge in [-0.2, -0.15) is 0 Å². The third-order valence-electron chi connectivity index (χ3n) is 6.64. The molecule has 7 heteroatoms. The van der Waals surface area contributed by atoms with Crippen molar-refractivity contribution in [3.63, 3.8) is 0 Å². The first-order valence-corrected chi connectivity index (χ1v) is 11.1. The van der Waals surface area contributed by atoms with Gasteiger partial charge in [0.2, 0.25) is 5.91 Å². The smallest absolute Gasteiger partial charge is 0.257 e. The second-order valence-corrected chi connectivity index (χ2v) is 8.48. The number of carbonyl (C=O) groups excluding carboxylic acids is 2. The van der Waals surface area contributed by atoms with E-state index in [-0.39, 0.29) is 24.5 Å². The zero-order valence-electron chi connectivity index (χ0n) is 18.2. The normalized spacial score (nSPS) is 16.9. The van der Waals surface area contributed by atoms with Crippen LogP contribution in [0.15, 0.2) is 72.9 Å². The van der Waals surface area contributed by atoms with Gasteiger partial charge in [-0.15, -0.1) is 0 Å². The summed E-state index contributed by atoms with van der Waals surface area (Å²) in [7, 11) is 2.02. The molecule has 0 spiro atoms. The fourth-order valence-corrected chi connectivity index (χ4v) is 5.24. The summed E-state index contributed by atoms with van der Waals surface area (Å²) in [5.74, 6) is 0.405. The van der Waals surface area contributed by atoms with E-state index in [4.69, 9.17) is 0 Å². The molecule has 0 fully saturated rings. The van der Waals surface area contributed by atoms with Crippen LogP contribution in [0.1, 0.15) is 27.8 Å². The van der Waals surface area contributed by atoms with Crippen LogP contribution in [-0.2, 0) is 17.8 Å². The van der Waals surface area contributed by atoms with Crippen molar-refractivity contribution in [1.82, 2.24) is 14.5 Å². The molecule has 0 saturated carbocycles.